The van der Waals surface area contributed by atoms with Crippen LogP contribution in [0, 0.1) is 0 Å². The number of ether oxygens (including phenoxy) is 1. The van der Waals surface area contributed by atoms with E-state index in [1.54, 1.807) is 13.8 Å². The summed E-state index contributed by atoms with van der Waals surface area (Å²) < 4.78 is 54.0. The first-order valence-electron chi connectivity index (χ1n) is 7.77. The van der Waals surface area contributed by atoms with Crippen LogP contribution in [0.3, 0.4) is 0 Å². The van der Waals surface area contributed by atoms with Crippen molar-refractivity contribution in [1.82, 2.24) is 4.31 Å². The lowest BCUT2D eigenvalue weighted by atomic mass is 10.3. The number of rotatable bonds is 11. The molecule has 0 aromatic heterocycles. The van der Waals surface area contributed by atoms with Gasteiger partial charge in [0.15, 0.2) is 9.84 Å². The van der Waals surface area contributed by atoms with Crippen LogP contribution in [0.15, 0.2) is 29.2 Å². The van der Waals surface area contributed by atoms with Crippen LogP contribution in [0.4, 0.5) is 0 Å². The van der Waals surface area contributed by atoms with Gasteiger partial charge in [-0.2, -0.15) is 4.31 Å². The molecule has 0 aliphatic heterocycles. The number of benzene rings is 1. The molecule has 1 rings (SSSR count). The van der Waals surface area contributed by atoms with Gasteiger partial charge in [0.2, 0.25) is 10.0 Å². The number of carboxylic acids is 1. The number of aliphatic carboxylic acids is 1. The molecular formula is C15H23NO7S2. The van der Waals surface area contributed by atoms with Crippen LogP contribution in [0.5, 0.6) is 5.75 Å². The third-order valence-electron chi connectivity index (χ3n) is 3.35. The lowest BCUT2D eigenvalue weighted by Gasteiger charge is -2.19. The second kappa shape index (κ2) is 9.16. The Bertz CT molecular complexity index is 771. The van der Waals surface area contributed by atoms with Crippen molar-refractivity contribution in [3.05, 3.63) is 24.3 Å². The van der Waals surface area contributed by atoms with E-state index in [9.17, 15) is 21.6 Å². The van der Waals surface area contributed by atoms with Crippen molar-refractivity contribution in [2.75, 3.05) is 31.2 Å². The Morgan fingerprint density at radius 2 is 1.72 bits per heavy atom. The molecule has 1 aromatic rings. The van der Waals surface area contributed by atoms with Gasteiger partial charge in [-0.3, -0.25) is 4.79 Å². The van der Waals surface area contributed by atoms with Gasteiger partial charge in [0.25, 0.3) is 0 Å². The van der Waals surface area contributed by atoms with Gasteiger partial charge < -0.3 is 9.84 Å². The molecule has 10 heteroatoms. The van der Waals surface area contributed by atoms with Crippen LogP contribution >= 0.6 is 0 Å². The van der Waals surface area contributed by atoms with Crippen LogP contribution < -0.4 is 4.74 Å². The van der Waals surface area contributed by atoms with Crippen LogP contribution in [-0.2, 0) is 24.7 Å². The fraction of sp³-hybridized carbons (Fsp3) is 0.533. The van der Waals surface area contributed by atoms with Crippen molar-refractivity contribution >= 4 is 25.8 Å². The monoisotopic (exact) mass is 393 g/mol. The summed E-state index contributed by atoms with van der Waals surface area (Å²) in [5.74, 6) is -0.976. The lowest BCUT2D eigenvalue weighted by Crippen LogP contribution is -2.36. The quantitative estimate of drug-likeness (QED) is 0.595. The Hall–Kier alpha value is -1.65. The number of sulfone groups is 1. The Morgan fingerprint density at radius 1 is 1.12 bits per heavy atom. The Balaban J connectivity index is 2.84. The maximum absolute atomic E-state index is 12.5. The molecule has 8 nitrogen and oxygen atoms in total. The molecule has 0 saturated carbocycles. The van der Waals surface area contributed by atoms with Crippen molar-refractivity contribution in [3.8, 4) is 5.75 Å². The molecule has 1 N–H and O–H groups in total. The zero-order valence-corrected chi connectivity index (χ0v) is 15.8. The van der Waals surface area contributed by atoms with Crippen molar-refractivity contribution in [2.45, 2.75) is 25.2 Å². The topological polar surface area (TPSA) is 118 Å². The first kappa shape index (κ1) is 21.4. The van der Waals surface area contributed by atoms with E-state index in [0.717, 1.165) is 4.31 Å². The summed E-state index contributed by atoms with van der Waals surface area (Å²) in [4.78, 5) is 10.8. The molecule has 0 atom stereocenters. The summed E-state index contributed by atoms with van der Waals surface area (Å²) in [7, 11) is -7.06. The highest BCUT2D eigenvalue weighted by Crippen LogP contribution is 2.20. The number of nitrogens with zero attached hydrogens (tertiary/aromatic N) is 1. The Kier molecular flexibility index (Phi) is 7.84. The van der Waals surface area contributed by atoms with E-state index in [1.165, 1.54) is 24.3 Å². The molecular weight excluding hydrogens is 370 g/mol. The summed E-state index contributed by atoms with van der Waals surface area (Å²) in [6.45, 7) is 2.77. The van der Waals surface area contributed by atoms with E-state index in [4.69, 9.17) is 9.84 Å². The van der Waals surface area contributed by atoms with Crippen LogP contribution in [0.1, 0.15) is 20.3 Å². The molecule has 0 fully saturated rings. The third-order valence-corrected chi connectivity index (χ3v) is 6.88. The molecule has 0 bridgehead atoms. The second-order valence-electron chi connectivity index (χ2n) is 5.29. The van der Waals surface area contributed by atoms with Gasteiger partial charge in [-0.25, -0.2) is 16.8 Å². The van der Waals surface area contributed by atoms with Crippen LogP contribution in [0.25, 0.3) is 0 Å². The first-order valence-corrected chi connectivity index (χ1v) is 11.0. The molecule has 0 aliphatic carbocycles. The Morgan fingerprint density at radius 3 is 2.20 bits per heavy atom. The molecule has 0 unspecified atom stereocenters. The zero-order chi connectivity index (χ0) is 19.1. The predicted molar refractivity (Wildman–Crippen MR) is 93.0 cm³/mol. The number of hydrogen-bond donors (Lipinski definition) is 1. The fourth-order valence-corrected chi connectivity index (χ4v) is 4.08. The lowest BCUT2D eigenvalue weighted by molar-refractivity contribution is -0.137. The maximum Gasteiger partial charge on any atom is 0.318 e. The molecule has 25 heavy (non-hydrogen) atoms. The van der Waals surface area contributed by atoms with E-state index in [-0.39, 0.29) is 29.6 Å². The minimum Gasteiger partial charge on any atom is -0.493 e. The smallest absolute Gasteiger partial charge is 0.318 e. The zero-order valence-electron chi connectivity index (χ0n) is 14.2. The molecule has 0 heterocycles. The highest BCUT2D eigenvalue weighted by molar-refractivity contribution is 7.91. The summed E-state index contributed by atoms with van der Waals surface area (Å²) in [6.07, 6.45) is 0.486. The summed E-state index contributed by atoms with van der Waals surface area (Å²) in [5, 5.41) is 8.87. The minimum absolute atomic E-state index is 0.0246. The van der Waals surface area contributed by atoms with Gasteiger partial charge in [-0.05, 0) is 30.7 Å². The van der Waals surface area contributed by atoms with Gasteiger partial charge >= 0.3 is 5.97 Å². The van der Waals surface area contributed by atoms with Crippen molar-refractivity contribution in [3.63, 3.8) is 0 Å². The highest BCUT2D eigenvalue weighted by Gasteiger charge is 2.25. The second-order valence-corrected chi connectivity index (χ2v) is 9.70. The van der Waals surface area contributed by atoms with E-state index in [2.05, 4.69) is 0 Å². The molecule has 0 saturated heterocycles. The molecule has 142 valence electrons. The van der Waals surface area contributed by atoms with E-state index in [1.807, 2.05) is 0 Å². The van der Waals surface area contributed by atoms with E-state index >= 15 is 0 Å². The molecule has 0 amide bonds. The average Bonchev–Trinajstić information content (AvgIpc) is 2.54. The Labute approximate surface area is 148 Å². The third kappa shape index (κ3) is 6.63. The highest BCUT2D eigenvalue weighted by atomic mass is 32.2. The average molecular weight is 393 g/mol. The number of hydrogen-bond acceptors (Lipinski definition) is 6. The summed E-state index contributed by atoms with van der Waals surface area (Å²) in [6, 6.07) is 5.44. The van der Waals surface area contributed by atoms with Gasteiger partial charge in [-0.1, -0.05) is 13.8 Å². The largest absolute Gasteiger partial charge is 0.493 e. The molecule has 0 aliphatic rings. The maximum atomic E-state index is 12.5. The fourth-order valence-electron chi connectivity index (χ4n) is 1.97. The standard InChI is InChI=1S/C15H23NO7S2/c1-3-9-16(12-15(17)18)25(21,22)14-7-5-13(6-8-14)23-10-11-24(19,20)4-2/h5-8H,3-4,9-12H2,1-2H3,(H,17,18). The molecule has 0 radical (unpaired) electrons. The SMILES string of the molecule is CCCN(CC(=O)O)S(=O)(=O)c1ccc(OCCS(=O)(=O)CC)cc1. The molecule has 1 aromatic carbocycles. The van der Waals surface area contributed by atoms with Gasteiger partial charge in [-0.15, -0.1) is 0 Å². The van der Waals surface area contributed by atoms with Crippen LogP contribution in [-0.4, -0.2) is 63.4 Å². The van der Waals surface area contributed by atoms with Crippen molar-refractivity contribution in [2.24, 2.45) is 0 Å². The summed E-state index contributed by atoms with van der Waals surface area (Å²) in [5.41, 5.74) is 0. The molecule has 0 spiro atoms. The van der Waals surface area contributed by atoms with Crippen LogP contribution in [0.2, 0.25) is 0 Å². The summed E-state index contributed by atoms with van der Waals surface area (Å²) >= 11 is 0. The van der Waals surface area contributed by atoms with Gasteiger partial charge in [0, 0.05) is 12.3 Å². The van der Waals surface area contributed by atoms with Crippen molar-refractivity contribution in [1.29, 1.82) is 0 Å². The number of sulfonamides is 1. The van der Waals surface area contributed by atoms with E-state index in [0.29, 0.717) is 12.2 Å². The normalized spacial score (nSPS) is 12.3. The number of carboxylic acid groups (broad SMARTS) is 1. The van der Waals surface area contributed by atoms with Crippen molar-refractivity contribution < 1.29 is 31.5 Å². The van der Waals surface area contributed by atoms with Gasteiger partial charge in [0.1, 0.15) is 18.9 Å². The number of carbonyl (C=O) groups is 1. The predicted octanol–water partition coefficient (Wildman–Crippen LogP) is 0.985. The minimum atomic E-state index is -3.92. The van der Waals surface area contributed by atoms with E-state index < -0.39 is 32.4 Å². The first-order chi connectivity index (χ1) is 11.6. The van der Waals surface area contributed by atoms with Gasteiger partial charge in [0.05, 0.1) is 10.6 Å².